The molecule has 0 unspecified atom stereocenters. The number of nitrogens with one attached hydrogen (secondary N) is 1. The number of halogens is 1. The fraction of sp³-hybridized carbons (Fsp3) is 0.533. The first-order valence-corrected chi connectivity index (χ1v) is 7.52. The first-order valence-electron chi connectivity index (χ1n) is 7.14. The van der Waals surface area contributed by atoms with Gasteiger partial charge in [0.25, 0.3) is 5.91 Å². The van der Waals surface area contributed by atoms with Gasteiger partial charge in [-0.2, -0.15) is 0 Å². The van der Waals surface area contributed by atoms with Gasteiger partial charge in [0.2, 0.25) is 0 Å². The molecule has 1 aliphatic heterocycles. The van der Waals surface area contributed by atoms with Gasteiger partial charge in [-0.1, -0.05) is 24.4 Å². The number of ether oxygens (including phenoxy) is 2. The van der Waals surface area contributed by atoms with Crippen molar-refractivity contribution in [2.45, 2.75) is 38.1 Å². The average Bonchev–Trinajstić information content (AvgIpc) is 2.81. The first-order chi connectivity index (χ1) is 9.74. The number of hydrogen-bond acceptors (Lipinski definition) is 3. The molecular weight excluding hydrogens is 278 g/mol. The molecule has 0 radical (unpaired) electrons. The van der Waals surface area contributed by atoms with Crippen LogP contribution in [-0.4, -0.2) is 25.2 Å². The Hall–Kier alpha value is -1.42. The van der Waals surface area contributed by atoms with Gasteiger partial charge in [0, 0.05) is 18.0 Å². The van der Waals surface area contributed by atoms with Gasteiger partial charge in [-0.05, 0) is 25.0 Å². The molecule has 0 atom stereocenters. The van der Waals surface area contributed by atoms with E-state index in [-0.39, 0.29) is 11.9 Å². The number of carbonyl (C=O) groups is 1. The van der Waals surface area contributed by atoms with Gasteiger partial charge >= 0.3 is 0 Å². The molecule has 1 N–H and O–H groups in total. The molecule has 0 spiro atoms. The third kappa shape index (κ3) is 2.85. The Kier molecular flexibility index (Phi) is 4.01. The van der Waals surface area contributed by atoms with Crippen LogP contribution in [0.1, 0.15) is 42.5 Å². The van der Waals surface area contributed by atoms with E-state index >= 15 is 0 Å². The second-order valence-corrected chi connectivity index (χ2v) is 5.70. The normalized spacial score (nSPS) is 18.6. The summed E-state index contributed by atoms with van der Waals surface area (Å²) in [7, 11) is 0. The zero-order valence-corrected chi connectivity index (χ0v) is 12.0. The molecule has 1 heterocycles. The predicted octanol–water partition coefficient (Wildman–Crippen LogP) is 3.17. The molecule has 4 nitrogen and oxygen atoms in total. The highest BCUT2D eigenvalue weighted by atomic mass is 35.5. The standard InChI is InChI=1S/C15H18ClNO3/c16-12-8-10(15(18)17-11-4-1-2-5-11)9-13-14(12)20-7-3-6-19-13/h8-9,11H,1-7H2,(H,17,18). The lowest BCUT2D eigenvalue weighted by Gasteiger charge is -2.14. The summed E-state index contributed by atoms with van der Waals surface area (Å²) < 4.78 is 11.2. The minimum absolute atomic E-state index is 0.0885. The summed E-state index contributed by atoms with van der Waals surface area (Å²) in [4.78, 5) is 12.3. The SMILES string of the molecule is O=C(NC1CCCC1)c1cc(Cl)c2c(c1)OCCCO2. The van der Waals surface area contributed by atoms with Crippen molar-refractivity contribution in [3.63, 3.8) is 0 Å². The summed E-state index contributed by atoms with van der Waals surface area (Å²) in [6, 6.07) is 3.66. The maximum atomic E-state index is 12.3. The van der Waals surface area contributed by atoms with Gasteiger partial charge in [-0.25, -0.2) is 0 Å². The van der Waals surface area contributed by atoms with E-state index in [1.165, 1.54) is 12.8 Å². The summed E-state index contributed by atoms with van der Waals surface area (Å²) in [5.74, 6) is 1.02. The molecule has 1 aromatic rings. The Morgan fingerprint density at radius 2 is 1.90 bits per heavy atom. The highest BCUT2D eigenvalue weighted by molar-refractivity contribution is 6.32. The maximum absolute atomic E-state index is 12.3. The highest BCUT2D eigenvalue weighted by Crippen LogP contribution is 2.38. The topological polar surface area (TPSA) is 47.6 Å². The van der Waals surface area contributed by atoms with Gasteiger partial charge in [-0.15, -0.1) is 0 Å². The number of benzene rings is 1. The summed E-state index contributed by atoms with van der Waals surface area (Å²) in [6.07, 6.45) is 5.31. The van der Waals surface area contributed by atoms with Gasteiger partial charge in [0.05, 0.1) is 18.2 Å². The van der Waals surface area contributed by atoms with Crippen LogP contribution in [0.5, 0.6) is 11.5 Å². The van der Waals surface area contributed by atoms with Crippen LogP contribution in [0.25, 0.3) is 0 Å². The fourth-order valence-corrected chi connectivity index (χ4v) is 2.97. The summed E-state index contributed by atoms with van der Waals surface area (Å²) in [6.45, 7) is 1.16. The van der Waals surface area contributed by atoms with E-state index in [4.69, 9.17) is 21.1 Å². The van der Waals surface area contributed by atoms with Crippen molar-refractivity contribution in [2.24, 2.45) is 0 Å². The van der Waals surface area contributed by atoms with E-state index in [0.29, 0.717) is 35.3 Å². The number of amides is 1. The zero-order valence-electron chi connectivity index (χ0n) is 11.3. The van der Waals surface area contributed by atoms with Crippen LogP contribution in [-0.2, 0) is 0 Å². The van der Waals surface area contributed by atoms with Gasteiger partial charge in [-0.3, -0.25) is 4.79 Å². The molecule has 5 heteroatoms. The molecule has 1 fully saturated rings. The van der Waals surface area contributed by atoms with Crippen molar-refractivity contribution < 1.29 is 14.3 Å². The van der Waals surface area contributed by atoms with E-state index in [1.807, 2.05) is 0 Å². The van der Waals surface area contributed by atoms with Crippen molar-refractivity contribution in [3.05, 3.63) is 22.7 Å². The zero-order chi connectivity index (χ0) is 13.9. The molecular formula is C15H18ClNO3. The molecule has 0 aromatic heterocycles. The lowest BCUT2D eigenvalue weighted by Crippen LogP contribution is -2.32. The minimum Gasteiger partial charge on any atom is -0.489 e. The monoisotopic (exact) mass is 295 g/mol. The smallest absolute Gasteiger partial charge is 0.251 e. The largest absolute Gasteiger partial charge is 0.489 e. The van der Waals surface area contributed by atoms with Crippen molar-refractivity contribution in [3.8, 4) is 11.5 Å². The second-order valence-electron chi connectivity index (χ2n) is 5.29. The highest BCUT2D eigenvalue weighted by Gasteiger charge is 2.21. The van der Waals surface area contributed by atoms with Crippen LogP contribution in [0, 0.1) is 0 Å². The van der Waals surface area contributed by atoms with Gasteiger partial charge in [0.15, 0.2) is 11.5 Å². The molecule has 2 aliphatic rings. The Morgan fingerprint density at radius 3 is 2.70 bits per heavy atom. The van der Waals surface area contributed by atoms with Crippen molar-refractivity contribution in [2.75, 3.05) is 13.2 Å². The molecule has 1 aliphatic carbocycles. The lowest BCUT2D eigenvalue weighted by atomic mass is 10.1. The number of rotatable bonds is 2. The molecule has 3 rings (SSSR count). The van der Waals surface area contributed by atoms with Crippen LogP contribution >= 0.6 is 11.6 Å². The average molecular weight is 296 g/mol. The number of hydrogen-bond donors (Lipinski definition) is 1. The van der Waals surface area contributed by atoms with Crippen molar-refractivity contribution in [1.82, 2.24) is 5.32 Å². The van der Waals surface area contributed by atoms with Crippen molar-refractivity contribution in [1.29, 1.82) is 0 Å². The third-order valence-corrected chi connectivity index (χ3v) is 4.04. The Balaban J connectivity index is 1.80. The summed E-state index contributed by atoms with van der Waals surface area (Å²) >= 11 is 6.20. The van der Waals surface area contributed by atoms with Gasteiger partial charge < -0.3 is 14.8 Å². The fourth-order valence-electron chi connectivity index (χ4n) is 2.70. The van der Waals surface area contributed by atoms with Crippen LogP contribution in [0.2, 0.25) is 5.02 Å². The van der Waals surface area contributed by atoms with Crippen molar-refractivity contribution >= 4 is 17.5 Å². The molecule has 108 valence electrons. The van der Waals surface area contributed by atoms with Crippen LogP contribution in [0.4, 0.5) is 0 Å². The summed E-state index contributed by atoms with van der Waals surface area (Å²) in [5, 5.41) is 3.48. The molecule has 1 saturated carbocycles. The summed E-state index contributed by atoms with van der Waals surface area (Å²) in [5.41, 5.74) is 0.533. The third-order valence-electron chi connectivity index (χ3n) is 3.75. The van der Waals surface area contributed by atoms with Gasteiger partial charge in [0.1, 0.15) is 0 Å². The van der Waals surface area contributed by atoms with Crippen LogP contribution in [0.3, 0.4) is 0 Å². The lowest BCUT2D eigenvalue weighted by molar-refractivity contribution is 0.0937. The predicted molar refractivity (Wildman–Crippen MR) is 76.8 cm³/mol. The van der Waals surface area contributed by atoms with E-state index in [1.54, 1.807) is 12.1 Å². The number of carbonyl (C=O) groups excluding carboxylic acids is 1. The maximum Gasteiger partial charge on any atom is 0.251 e. The Labute approximate surface area is 123 Å². The van der Waals surface area contributed by atoms with E-state index in [0.717, 1.165) is 19.3 Å². The molecule has 1 aromatic carbocycles. The molecule has 0 bridgehead atoms. The first kappa shape index (κ1) is 13.6. The second kappa shape index (κ2) is 5.92. The molecule has 1 amide bonds. The molecule has 0 saturated heterocycles. The van der Waals surface area contributed by atoms with E-state index < -0.39 is 0 Å². The Morgan fingerprint density at radius 1 is 1.15 bits per heavy atom. The minimum atomic E-state index is -0.0885. The van der Waals surface area contributed by atoms with E-state index in [9.17, 15) is 4.79 Å². The van der Waals surface area contributed by atoms with Crippen LogP contribution in [0.15, 0.2) is 12.1 Å². The number of fused-ring (bicyclic) bond motifs is 1. The molecule has 20 heavy (non-hydrogen) atoms. The quantitative estimate of drug-likeness (QED) is 0.911. The Bertz CT molecular complexity index is 512. The van der Waals surface area contributed by atoms with E-state index in [2.05, 4.69) is 5.32 Å². The van der Waals surface area contributed by atoms with Crippen LogP contribution < -0.4 is 14.8 Å².